The second-order valence-electron chi connectivity index (χ2n) is 9.28. The van der Waals surface area contributed by atoms with Crippen molar-refractivity contribution in [3.8, 4) is 0 Å². The van der Waals surface area contributed by atoms with E-state index in [1.54, 1.807) is 23.1 Å². The average molecular weight is 513 g/mol. The van der Waals surface area contributed by atoms with Crippen LogP contribution in [0.2, 0.25) is 0 Å². The van der Waals surface area contributed by atoms with Crippen molar-refractivity contribution in [2.75, 3.05) is 32.8 Å². The minimum atomic E-state index is -3.66. The molecule has 5 rings (SSSR count). The first-order chi connectivity index (χ1) is 16.8. The van der Waals surface area contributed by atoms with E-state index in [1.807, 2.05) is 30.3 Å². The Balaban J connectivity index is 1.15. The molecule has 184 valence electrons. The highest BCUT2D eigenvalue weighted by atomic mass is 32.2. The zero-order chi connectivity index (χ0) is 24.6. The molecule has 3 aromatic rings. The van der Waals surface area contributed by atoms with Gasteiger partial charge in [-0.2, -0.15) is 4.31 Å². The number of carbonyl (C=O) groups is 2. The fraction of sp³-hybridized carbons (Fsp3) is 0.385. The van der Waals surface area contributed by atoms with Crippen molar-refractivity contribution < 1.29 is 22.7 Å². The monoisotopic (exact) mass is 512 g/mol. The molecule has 2 heterocycles. The van der Waals surface area contributed by atoms with Gasteiger partial charge in [-0.1, -0.05) is 37.3 Å². The van der Waals surface area contributed by atoms with Crippen LogP contribution < -0.4 is 0 Å². The lowest BCUT2D eigenvalue weighted by Crippen LogP contribution is -2.51. The minimum Gasteiger partial charge on any atom is -0.451 e. The average Bonchev–Trinajstić information content (AvgIpc) is 3.30. The first kappa shape index (κ1) is 24.0. The fourth-order valence-electron chi connectivity index (χ4n) is 4.75. The molecular weight excluding hydrogens is 484 g/mol. The van der Waals surface area contributed by atoms with E-state index < -0.39 is 16.0 Å². The number of fused-ring (bicyclic) bond motifs is 2. The summed E-state index contributed by atoms with van der Waals surface area (Å²) in [5, 5.41) is 1.85. The molecule has 0 spiro atoms. The summed E-state index contributed by atoms with van der Waals surface area (Å²) >= 11 is 1.46. The molecule has 0 saturated carbocycles. The molecule has 35 heavy (non-hydrogen) atoms. The van der Waals surface area contributed by atoms with Crippen LogP contribution in [-0.2, 0) is 32.4 Å². The fourth-order valence-corrected chi connectivity index (χ4v) is 7.31. The molecule has 1 atom stereocenters. The standard InChI is InChI=1S/C26H28N2O5S2/c1-18-6-9-23-21(14-18)16-24(34-23)26(30)33-17-25(29)27-10-12-28(13-11-27)35(31,32)22-8-7-19-4-2-3-5-20(19)15-22/h2-5,7-8,15-16,18H,6,9-14,17H2,1H3. The quantitative estimate of drug-likeness (QED) is 0.487. The van der Waals surface area contributed by atoms with Crippen LogP contribution in [0, 0.1) is 5.92 Å². The number of benzene rings is 2. The predicted octanol–water partition coefficient (Wildman–Crippen LogP) is 3.72. The number of thiophene rings is 1. The van der Waals surface area contributed by atoms with E-state index in [0.29, 0.717) is 10.8 Å². The first-order valence-corrected chi connectivity index (χ1v) is 14.1. The van der Waals surface area contributed by atoms with Gasteiger partial charge in [-0.15, -0.1) is 11.3 Å². The topological polar surface area (TPSA) is 84.0 Å². The third kappa shape index (κ3) is 4.98. The predicted molar refractivity (Wildman–Crippen MR) is 135 cm³/mol. The molecule has 0 bridgehead atoms. The Labute approximate surface area is 209 Å². The third-order valence-electron chi connectivity index (χ3n) is 6.81. The van der Waals surface area contributed by atoms with E-state index in [-0.39, 0.29) is 43.6 Å². The number of carbonyl (C=O) groups excluding carboxylic acids is 2. The van der Waals surface area contributed by atoms with Gasteiger partial charge in [-0.05, 0) is 59.7 Å². The van der Waals surface area contributed by atoms with Crippen molar-refractivity contribution in [1.82, 2.24) is 9.21 Å². The van der Waals surface area contributed by atoms with Crippen molar-refractivity contribution in [1.29, 1.82) is 0 Å². The van der Waals surface area contributed by atoms with Crippen LogP contribution in [0.5, 0.6) is 0 Å². The number of sulfonamides is 1. The maximum atomic E-state index is 13.1. The van der Waals surface area contributed by atoms with Gasteiger partial charge in [0.2, 0.25) is 10.0 Å². The molecule has 1 aliphatic heterocycles. The molecule has 0 N–H and O–H groups in total. The molecule has 1 saturated heterocycles. The van der Waals surface area contributed by atoms with Crippen LogP contribution in [0.1, 0.15) is 33.5 Å². The zero-order valence-electron chi connectivity index (χ0n) is 19.6. The molecule has 1 unspecified atom stereocenters. The van der Waals surface area contributed by atoms with Gasteiger partial charge in [0.1, 0.15) is 4.88 Å². The lowest BCUT2D eigenvalue weighted by molar-refractivity contribution is -0.135. The maximum Gasteiger partial charge on any atom is 0.348 e. The van der Waals surface area contributed by atoms with Gasteiger partial charge < -0.3 is 9.64 Å². The number of nitrogens with zero attached hydrogens (tertiary/aromatic N) is 2. The molecule has 1 aliphatic carbocycles. The van der Waals surface area contributed by atoms with Crippen LogP contribution in [-0.4, -0.2) is 62.3 Å². The van der Waals surface area contributed by atoms with Crippen molar-refractivity contribution in [3.63, 3.8) is 0 Å². The number of hydrogen-bond donors (Lipinski definition) is 0. The van der Waals surface area contributed by atoms with Gasteiger partial charge in [0.25, 0.3) is 5.91 Å². The van der Waals surface area contributed by atoms with E-state index in [4.69, 9.17) is 4.74 Å². The Morgan fingerprint density at radius 3 is 2.54 bits per heavy atom. The Kier molecular flexibility index (Phi) is 6.65. The maximum absolute atomic E-state index is 13.1. The van der Waals surface area contributed by atoms with Crippen LogP contribution in [0.4, 0.5) is 0 Å². The number of rotatable bonds is 5. The second kappa shape index (κ2) is 9.72. The molecular formula is C26H28N2O5S2. The van der Waals surface area contributed by atoms with Crippen molar-refractivity contribution in [2.45, 2.75) is 31.1 Å². The van der Waals surface area contributed by atoms with Crippen molar-refractivity contribution in [3.05, 3.63) is 63.8 Å². The first-order valence-electron chi connectivity index (χ1n) is 11.9. The van der Waals surface area contributed by atoms with E-state index in [2.05, 4.69) is 6.92 Å². The molecule has 2 aromatic carbocycles. The summed E-state index contributed by atoms with van der Waals surface area (Å²) in [5.74, 6) is -0.162. The van der Waals surface area contributed by atoms with Crippen molar-refractivity contribution in [2.24, 2.45) is 5.92 Å². The minimum absolute atomic E-state index is 0.199. The molecule has 1 aromatic heterocycles. The van der Waals surface area contributed by atoms with Gasteiger partial charge in [-0.3, -0.25) is 4.79 Å². The smallest absolute Gasteiger partial charge is 0.348 e. The highest BCUT2D eigenvalue weighted by Crippen LogP contribution is 2.32. The Bertz CT molecular complexity index is 1370. The SMILES string of the molecule is CC1CCc2sc(C(=O)OCC(=O)N3CCN(S(=O)(=O)c4ccc5ccccc5c4)CC3)cc2C1. The van der Waals surface area contributed by atoms with E-state index >= 15 is 0 Å². The summed E-state index contributed by atoms with van der Waals surface area (Å²) in [6.07, 6.45) is 3.09. The molecule has 1 amide bonds. The zero-order valence-corrected chi connectivity index (χ0v) is 21.2. The third-order valence-corrected chi connectivity index (χ3v) is 9.92. The van der Waals surface area contributed by atoms with Gasteiger partial charge >= 0.3 is 5.97 Å². The van der Waals surface area contributed by atoms with Crippen LogP contribution in [0.25, 0.3) is 10.8 Å². The van der Waals surface area contributed by atoms with E-state index in [1.165, 1.54) is 26.1 Å². The number of hydrogen-bond acceptors (Lipinski definition) is 6. The van der Waals surface area contributed by atoms with Crippen molar-refractivity contribution >= 4 is 44.0 Å². The van der Waals surface area contributed by atoms with Crippen LogP contribution in [0.15, 0.2) is 53.4 Å². The van der Waals surface area contributed by atoms with E-state index in [9.17, 15) is 18.0 Å². The highest BCUT2D eigenvalue weighted by molar-refractivity contribution is 7.89. The number of ether oxygens (including phenoxy) is 1. The van der Waals surface area contributed by atoms with E-state index in [0.717, 1.165) is 30.0 Å². The lowest BCUT2D eigenvalue weighted by atomic mass is 9.90. The number of amides is 1. The molecule has 7 nitrogen and oxygen atoms in total. The summed E-state index contributed by atoms with van der Waals surface area (Å²) < 4.78 is 33.0. The highest BCUT2D eigenvalue weighted by Gasteiger charge is 2.31. The van der Waals surface area contributed by atoms with Gasteiger partial charge in [0, 0.05) is 31.1 Å². The second-order valence-corrected chi connectivity index (χ2v) is 12.4. The van der Waals surface area contributed by atoms with Crippen LogP contribution in [0.3, 0.4) is 0 Å². The Morgan fingerprint density at radius 1 is 1.03 bits per heavy atom. The van der Waals surface area contributed by atoms with Crippen LogP contribution >= 0.6 is 11.3 Å². The summed E-state index contributed by atoms with van der Waals surface area (Å²) in [6.45, 7) is 2.79. The summed E-state index contributed by atoms with van der Waals surface area (Å²) in [7, 11) is -3.66. The Hall–Kier alpha value is -2.75. The Morgan fingerprint density at radius 2 is 1.77 bits per heavy atom. The summed E-state index contributed by atoms with van der Waals surface area (Å²) in [5.41, 5.74) is 1.22. The van der Waals surface area contributed by atoms with Gasteiger partial charge in [0.15, 0.2) is 6.61 Å². The number of piperazine rings is 1. The number of aryl methyl sites for hydroxylation is 1. The molecule has 0 radical (unpaired) electrons. The summed E-state index contributed by atoms with van der Waals surface area (Å²) in [4.78, 5) is 28.7. The lowest BCUT2D eigenvalue weighted by Gasteiger charge is -2.33. The molecule has 9 heteroatoms. The molecule has 2 aliphatic rings. The summed E-state index contributed by atoms with van der Waals surface area (Å²) in [6, 6.07) is 14.6. The number of esters is 1. The normalized spacial score (nSPS) is 18.9. The molecule has 1 fully saturated rings. The largest absolute Gasteiger partial charge is 0.451 e. The van der Waals surface area contributed by atoms with Gasteiger partial charge in [0.05, 0.1) is 4.90 Å². The van der Waals surface area contributed by atoms with Gasteiger partial charge in [-0.25, -0.2) is 13.2 Å².